The van der Waals surface area contributed by atoms with E-state index in [2.05, 4.69) is 28.6 Å². The maximum absolute atomic E-state index is 12.4. The van der Waals surface area contributed by atoms with Crippen LogP contribution in [0.15, 0.2) is 0 Å². The van der Waals surface area contributed by atoms with Gasteiger partial charge in [0.25, 0.3) is 0 Å². The number of nitrogen functional groups attached to an aromatic ring is 1. The van der Waals surface area contributed by atoms with E-state index in [-0.39, 0.29) is 17.5 Å². The van der Waals surface area contributed by atoms with Crippen molar-refractivity contribution in [1.82, 2.24) is 19.8 Å². The molecular formula is C22H37N7O4. The molecule has 0 aliphatic carbocycles. The highest BCUT2D eigenvalue weighted by molar-refractivity contribution is 5.96. The first kappa shape index (κ1) is 24.8. The Hall–Kier alpha value is -2.82. The Bertz CT molecular complexity index is 855. The van der Waals surface area contributed by atoms with Gasteiger partial charge in [-0.3, -0.25) is 4.90 Å². The zero-order chi connectivity index (χ0) is 24.3. The number of amides is 1. The fourth-order valence-electron chi connectivity index (χ4n) is 4.10. The van der Waals surface area contributed by atoms with Crippen molar-refractivity contribution >= 4 is 29.5 Å². The normalized spacial score (nSPS) is 17.2. The molecule has 11 heteroatoms. The van der Waals surface area contributed by atoms with Crippen molar-refractivity contribution in [3.8, 4) is 0 Å². The largest absolute Gasteiger partial charge is 0.464 e. The fraction of sp³-hybridized carbons (Fsp3) is 0.727. The van der Waals surface area contributed by atoms with Crippen LogP contribution < -0.4 is 15.5 Å². The average molecular weight is 464 g/mol. The average Bonchev–Trinajstić information content (AvgIpc) is 2.74. The summed E-state index contributed by atoms with van der Waals surface area (Å²) in [5.74, 6) is 0.374. The zero-order valence-electron chi connectivity index (χ0n) is 20.6. The number of aromatic nitrogens is 2. The minimum absolute atomic E-state index is 0.0679. The Morgan fingerprint density at radius 2 is 1.67 bits per heavy atom. The molecule has 0 unspecified atom stereocenters. The van der Waals surface area contributed by atoms with Gasteiger partial charge in [0.05, 0.1) is 7.11 Å². The van der Waals surface area contributed by atoms with Crippen LogP contribution in [0.2, 0.25) is 0 Å². The summed E-state index contributed by atoms with van der Waals surface area (Å²) in [6, 6.07) is 0.434. The molecule has 1 aromatic rings. The van der Waals surface area contributed by atoms with E-state index in [1.165, 1.54) is 7.11 Å². The van der Waals surface area contributed by atoms with Crippen molar-refractivity contribution in [2.45, 2.75) is 46.3 Å². The third kappa shape index (κ3) is 5.58. The number of carbonyl (C=O) groups excluding carboxylic acids is 2. The number of nitrogens with zero attached hydrogens (tertiary/aromatic N) is 6. The predicted molar refractivity (Wildman–Crippen MR) is 127 cm³/mol. The molecule has 33 heavy (non-hydrogen) atoms. The number of anilines is 3. The van der Waals surface area contributed by atoms with E-state index in [1.54, 1.807) is 4.90 Å². The Kier molecular flexibility index (Phi) is 7.51. The summed E-state index contributed by atoms with van der Waals surface area (Å²) in [7, 11) is 1.31. The van der Waals surface area contributed by atoms with E-state index >= 15 is 0 Å². The third-order valence-electron chi connectivity index (χ3n) is 6.00. The summed E-state index contributed by atoms with van der Waals surface area (Å²) in [5, 5.41) is 0. The van der Waals surface area contributed by atoms with Crippen molar-refractivity contribution in [3.05, 3.63) is 5.69 Å². The number of nitrogens with two attached hydrogens (primary N) is 1. The van der Waals surface area contributed by atoms with Crippen molar-refractivity contribution in [2.75, 3.05) is 75.0 Å². The number of rotatable bonds is 6. The summed E-state index contributed by atoms with van der Waals surface area (Å²) in [4.78, 5) is 42.0. The summed E-state index contributed by atoms with van der Waals surface area (Å²) in [6.45, 7) is 15.4. The van der Waals surface area contributed by atoms with Crippen LogP contribution in [0, 0.1) is 0 Å². The highest BCUT2D eigenvalue weighted by Gasteiger charge is 2.35. The first-order valence-electron chi connectivity index (χ1n) is 11.6. The topological polar surface area (TPSA) is 117 Å². The second-order valence-corrected chi connectivity index (χ2v) is 9.34. The quantitative estimate of drug-likeness (QED) is 0.621. The molecule has 2 N–H and O–H groups in total. The van der Waals surface area contributed by atoms with Gasteiger partial charge in [-0.1, -0.05) is 13.8 Å². The van der Waals surface area contributed by atoms with Crippen molar-refractivity contribution < 1.29 is 19.1 Å². The van der Waals surface area contributed by atoms with Gasteiger partial charge in [-0.2, -0.15) is 4.98 Å². The summed E-state index contributed by atoms with van der Waals surface area (Å²) in [5.41, 5.74) is 6.03. The van der Waals surface area contributed by atoms with Crippen molar-refractivity contribution in [2.24, 2.45) is 0 Å². The van der Waals surface area contributed by atoms with Gasteiger partial charge in [-0.05, 0) is 33.9 Å². The number of hydrogen-bond acceptors (Lipinski definition) is 10. The van der Waals surface area contributed by atoms with Crippen LogP contribution in [0.25, 0.3) is 0 Å². The Labute approximate surface area is 195 Å². The van der Waals surface area contributed by atoms with Gasteiger partial charge in [0.15, 0.2) is 11.5 Å². The van der Waals surface area contributed by atoms with Gasteiger partial charge < -0.3 is 29.9 Å². The molecule has 1 amide bonds. The summed E-state index contributed by atoms with van der Waals surface area (Å²) in [6.07, 6.45) is -0.336. The molecule has 2 aliphatic heterocycles. The molecule has 1 aromatic heterocycles. The molecule has 0 saturated carbocycles. The van der Waals surface area contributed by atoms with Crippen molar-refractivity contribution in [1.29, 1.82) is 0 Å². The lowest BCUT2D eigenvalue weighted by molar-refractivity contribution is 0.0240. The molecule has 3 heterocycles. The van der Waals surface area contributed by atoms with Gasteiger partial charge in [-0.25, -0.2) is 14.6 Å². The molecule has 0 bridgehead atoms. The van der Waals surface area contributed by atoms with E-state index < -0.39 is 11.6 Å². The maximum atomic E-state index is 12.4. The molecule has 11 nitrogen and oxygen atoms in total. The second kappa shape index (κ2) is 9.98. The number of carbonyl (C=O) groups is 2. The molecule has 0 aromatic carbocycles. The molecule has 0 atom stereocenters. The molecule has 0 radical (unpaired) electrons. The third-order valence-corrected chi connectivity index (χ3v) is 6.00. The number of likely N-dealkylation sites (N-methyl/N-ethyl adjacent to an activating group) is 1. The van der Waals surface area contributed by atoms with Gasteiger partial charge >= 0.3 is 12.1 Å². The summed E-state index contributed by atoms with van der Waals surface area (Å²) < 4.78 is 10.4. The van der Waals surface area contributed by atoms with Crippen LogP contribution in [0.5, 0.6) is 0 Å². The molecule has 2 fully saturated rings. The smallest absolute Gasteiger partial charge is 0.410 e. The van der Waals surface area contributed by atoms with Crippen LogP contribution >= 0.6 is 0 Å². The Balaban J connectivity index is 1.77. The molecule has 184 valence electrons. The summed E-state index contributed by atoms with van der Waals surface area (Å²) >= 11 is 0. The van der Waals surface area contributed by atoms with Crippen LogP contribution in [0.1, 0.15) is 45.1 Å². The van der Waals surface area contributed by atoms with Crippen LogP contribution in [0.4, 0.5) is 22.2 Å². The number of piperazine rings is 1. The predicted octanol–water partition coefficient (Wildman–Crippen LogP) is 1.43. The van der Waals surface area contributed by atoms with Gasteiger partial charge in [0, 0.05) is 45.3 Å². The molecule has 3 rings (SSSR count). The fourth-order valence-corrected chi connectivity index (χ4v) is 4.10. The van der Waals surface area contributed by atoms with E-state index in [0.717, 1.165) is 26.2 Å². The van der Waals surface area contributed by atoms with E-state index in [4.69, 9.17) is 20.2 Å². The highest BCUT2D eigenvalue weighted by Crippen LogP contribution is 2.30. The van der Waals surface area contributed by atoms with Crippen LogP contribution in [-0.2, 0) is 9.47 Å². The molecule has 2 aliphatic rings. The minimum atomic E-state index is -0.592. The second-order valence-electron chi connectivity index (χ2n) is 9.34. The number of ether oxygens (including phenoxy) is 2. The molecular weight excluding hydrogens is 426 g/mol. The molecule has 0 spiro atoms. The Morgan fingerprint density at radius 1 is 1.06 bits per heavy atom. The number of methoxy groups -OCH3 is 1. The van der Waals surface area contributed by atoms with Crippen LogP contribution in [0.3, 0.4) is 0 Å². The van der Waals surface area contributed by atoms with E-state index in [0.29, 0.717) is 44.0 Å². The lowest BCUT2D eigenvalue weighted by atomic mass is 10.1. The monoisotopic (exact) mass is 463 g/mol. The number of hydrogen-bond donors (Lipinski definition) is 1. The minimum Gasteiger partial charge on any atom is -0.464 e. The lowest BCUT2D eigenvalue weighted by Crippen LogP contribution is -2.60. The first-order chi connectivity index (χ1) is 15.6. The van der Waals surface area contributed by atoms with E-state index in [1.807, 2.05) is 25.7 Å². The maximum Gasteiger partial charge on any atom is 0.410 e. The van der Waals surface area contributed by atoms with E-state index in [9.17, 15) is 9.59 Å². The van der Waals surface area contributed by atoms with Gasteiger partial charge in [0.2, 0.25) is 5.95 Å². The highest BCUT2D eigenvalue weighted by atomic mass is 16.6. The first-order valence-corrected chi connectivity index (χ1v) is 11.6. The van der Waals surface area contributed by atoms with Crippen molar-refractivity contribution in [3.63, 3.8) is 0 Å². The number of esters is 1. The lowest BCUT2D eigenvalue weighted by Gasteiger charge is -2.45. The Morgan fingerprint density at radius 3 is 2.18 bits per heavy atom. The van der Waals surface area contributed by atoms with Crippen LogP contribution in [-0.4, -0.2) is 103 Å². The SMILES string of the molecule is CCN(CC)C1CN(c2nc(C(=O)OC)c(N)c(N3CCN(C(=O)OC(C)(C)C)CC3)n2)C1. The molecule has 2 saturated heterocycles. The zero-order valence-corrected chi connectivity index (χ0v) is 20.6. The van der Waals surface area contributed by atoms with Gasteiger partial charge in [0.1, 0.15) is 11.3 Å². The standard InChI is InChI=1S/C22H37N7O4/c1-7-26(8-2)15-13-29(14-15)20-24-17(19(30)32-6)16(23)18(25-20)27-9-11-28(12-10-27)21(31)33-22(3,4)5/h15H,7-14,23H2,1-6H3. The van der Waals surface area contributed by atoms with Gasteiger partial charge in [-0.15, -0.1) is 0 Å².